The predicted molar refractivity (Wildman–Crippen MR) is 120 cm³/mol. The Hall–Kier alpha value is -2.87. The van der Waals surface area contributed by atoms with Crippen molar-refractivity contribution in [3.8, 4) is 5.75 Å². The largest absolute Gasteiger partial charge is 0.497 e. The Labute approximate surface area is 186 Å². The minimum absolute atomic E-state index is 0.105. The van der Waals surface area contributed by atoms with Crippen LogP contribution in [0.3, 0.4) is 0 Å². The van der Waals surface area contributed by atoms with Crippen LogP contribution in [0.4, 0.5) is 5.69 Å². The third kappa shape index (κ3) is 4.58. The van der Waals surface area contributed by atoms with Crippen molar-refractivity contribution in [2.75, 3.05) is 18.6 Å². The van der Waals surface area contributed by atoms with Gasteiger partial charge in [0.15, 0.2) is 0 Å². The number of anilines is 1. The monoisotopic (exact) mass is 456 g/mol. The molecule has 0 atom stereocenters. The van der Waals surface area contributed by atoms with Crippen molar-refractivity contribution in [1.82, 2.24) is 4.72 Å². The number of carbonyl (C=O) groups is 1. The fourth-order valence-corrected chi connectivity index (χ4v) is 4.65. The van der Waals surface area contributed by atoms with Crippen molar-refractivity contribution in [1.29, 1.82) is 0 Å². The van der Waals surface area contributed by atoms with E-state index in [9.17, 15) is 13.2 Å². The normalized spacial score (nSPS) is 13.2. The van der Waals surface area contributed by atoms with Crippen LogP contribution < -0.4 is 14.4 Å². The Kier molecular flexibility index (Phi) is 6.00. The first-order chi connectivity index (χ1) is 14.9. The Balaban J connectivity index is 1.50. The lowest BCUT2D eigenvalue weighted by molar-refractivity contribution is 0.0989. The molecule has 0 aliphatic carbocycles. The van der Waals surface area contributed by atoms with Crippen LogP contribution >= 0.6 is 11.6 Å². The minimum atomic E-state index is -3.67. The molecule has 0 fully saturated rings. The molecule has 3 aromatic carbocycles. The van der Waals surface area contributed by atoms with Gasteiger partial charge < -0.3 is 9.64 Å². The van der Waals surface area contributed by atoms with Crippen LogP contribution in [-0.4, -0.2) is 28.0 Å². The molecule has 31 heavy (non-hydrogen) atoms. The van der Waals surface area contributed by atoms with Gasteiger partial charge in [0.05, 0.1) is 12.0 Å². The fraction of sp³-hybridized carbons (Fsp3) is 0.174. The van der Waals surface area contributed by atoms with Crippen molar-refractivity contribution in [2.45, 2.75) is 17.9 Å². The third-order valence-electron chi connectivity index (χ3n) is 5.22. The second kappa shape index (κ2) is 8.70. The molecule has 1 aliphatic heterocycles. The molecule has 0 aromatic heterocycles. The molecular weight excluding hydrogens is 436 g/mol. The number of carbonyl (C=O) groups excluding carboxylic acids is 1. The number of nitrogens with one attached hydrogen (secondary N) is 1. The average Bonchev–Trinajstić information content (AvgIpc) is 3.21. The Morgan fingerprint density at radius 2 is 1.77 bits per heavy atom. The zero-order chi connectivity index (χ0) is 22.0. The first-order valence-corrected chi connectivity index (χ1v) is 11.6. The number of fused-ring (bicyclic) bond motifs is 1. The van der Waals surface area contributed by atoms with E-state index in [2.05, 4.69) is 4.72 Å². The number of sulfonamides is 1. The van der Waals surface area contributed by atoms with Crippen molar-refractivity contribution in [3.63, 3.8) is 0 Å². The van der Waals surface area contributed by atoms with Crippen molar-refractivity contribution >= 4 is 33.2 Å². The van der Waals surface area contributed by atoms with Crippen molar-refractivity contribution < 1.29 is 17.9 Å². The predicted octanol–water partition coefficient (Wildman–Crippen LogP) is 4.03. The van der Waals surface area contributed by atoms with Gasteiger partial charge >= 0.3 is 0 Å². The second-order valence-corrected chi connectivity index (χ2v) is 9.38. The molecule has 0 saturated heterocycles. The van der Waals surface area contributed by atoms with E-state index in [4.69, 9.17) is 16.3 Å². The van der Waals surface area contributed by atoms with Gasteiger partial charge in [0, 0.05) is 29.4 Å². The quantitative estimate of drug-likeness (QED) is 0.607. The molecule has 1 N–H and O–H groups in total. The zero-order valence-corrected chi connectivity index (χ0v) is 18.4. The van der Waals surface area contributed by atoms with Gasteiger partial charge in [-0.2, -0.15) is 0 Å². The molecule has 0 spiro atoms. The lowest BCUT2D eigenvalue weighted by Crippen LogP contribution is -2.29. The molecule has 1 aliphatic rings. The number of ether oxygens (including phenoxy) is 1. The first kappa shape index (κ1) is 21.4. The fourth-order valence-electron chi connectivity index (χ4n) is 3.51. The van der Waals surface area contributed by atoms with Crippen LogP contribution in [-0.2, 0) is 23.0 Å². The number of hydrogen-bond donors (Lipinski definition) is 1. The number of benzene rings is 3. The number of methoxy groups -OCH3 is 1. The topological polar surface area (TPSA) is 75.7 Å². The minimum Gasteiger partial charge on any atom is -0.497 e. The maximum atomic E-state index is 12.9. The molecule has 8 heteroatoms. The average molecular weight is 457 g/mol. The highest BCUT2D eigenvalue weighted by Gasteiger charge is 2.26. The van der Waals surface area contributed by atoms with E-state index < -0.39 is 10.0 Å². The summed E-state index contributed by atoms with van der Waals surface area (Å²) >= 11 is 5.92. The summed E-state index contributed by atoms with van der Waals surface area (Å²) in [5, 5.41) is 0.574. The summed E-state index contributed by atoms with van der Waals surface area (Å²) in [5.74, 6) is 0.481. The van der Waals surface area contributed by atoms with Gasteiger partial charge in [0.1, 0.15) is 5.75 Å². The third-order valence-corrected chi connectivity index (χ3v) is 6.89. The van der Waals surface area contributed by atoms with Gasteiger partial charge in [-0.15, -0.1) is 0 Å². The summed E-state index contributed by atoms with van der Waals surface area (Å²) in [6.45, 7) is 0.697. The van der Waals surface area contributed by atoms with Gasteiger partial charge in [0.2, 0.25) is 10.0 Å². The van der Waals surface area contributed by atoms with Crippen LogP contribution in [0.2, 0.25) is 5.02 Å². The van der Waals surface area contributed by atoms with E-state index in [1.807, 2.05) is 18.2 Å². The van der Waals surface area contributed by atoms with Crippen LogP contribution in [0.5, 0.6) is 5.75 Å². The number of rotatable bonds is 6. The number of amides is 1. The molecule has 1 amide bonds. The lowest BCUT2D eigenvalue weighted by Gasteiger charge is -2.18. The molecule has 1 heterocycles. The van der Waals surface area contributed by atoms with Gasteiger partial charge in [-0.3, -0.25) is 4.79 Å². The number of hydrogen-bond acceptors (Lipinski definition) is 4. The summed E-state index contributed by atoms with van der Waals surface area (Å²) in [6.07, 6.45) is 0.756. The molecule has 0 radical (unpaired) electrons. The Morgan fingerprint density at radius 1 is 1.06 bits per heavy atom. The van der Waals surface area contributed by atoms with Crippen molar-refractivity contribution in [3.05, 3.63) is 88.4 Å². The maximum absolute atomic E-state index is 12.9. The van der Waals surface area contributed by atoms with E-state index in [-0.39, 0.29) is 17.3 Å². The summed E-state index contributed by atoms with van der Waals surface area (Å²) in [6, 6.07) is 18.7. The van der Waals surface area contributed by atoms with E-state index in [1.165, 1.54) is 19.2 Å². The smallest absolute Gasteiger partial charge is 0.258 e. The molecule has 0 saturated carbocycles. The molecule has 4 rings (SSSR count). The molecule has 3 aromatic rings. The molecule has 0 bridgehead atoms. The highest BCUT2D eigenvalue weighted by Crippen LogP contribution is 2.31. The summed E-state index contributed by atoms with van der Waals surface area (Å²) in [7, 11) is -2.15. The number of nitrogens with zero attached hydrogens (tertiary/aromatic N) is 1. The molecule has 6 nitrogen and oxygen atoms in total. The number of halogens is 1. The standard InChI is InChI=1S/C23H21ClN2O4S/c1-30-20-8-10-21(11-9-20)31(28,29)25-15-16-2-3-17-12-13-26(22(17)14-16)23(27)18-4-6-19(24)7-5-18/h2-11,14,25H,12-13,15H2,1H3. The van der Waals surface area contributed by atoms with E-state index in [1.54, 1.807) is 41.3 Å². The van der Waals surface area contributed by atoms with Crippen LogP contribution in [0.1, 0.15) is 21.5 Å². The van der Waals surface area contributed by atoms with Gasteiger partial charge in [0.25, 0.3) is 5.91 Å². The van der Waals surface area contributed by atoms with Crippen LogP contribution in [0.25, 0.3) is 0 Å². The first-order valence-electron chi connectivity index (χ1n) is 9.70. The molecular formula is C23H21ClN2O4S. The summed E-state index contributed by atoms with van der Waals surface area (Å²) in [5.41, 5.74) is 3.19. The zero-order valence-electron chi connectivity index (χ0n) is 16.8. The second-order valence-electron chi connectivity index (χ2n) is 7.18. The van der Waals surface area contributed by atoms with Crippen LogP contribution in [0, 0.1) is 0 Å². The van der Waals surface area contributed by atoms with Gasteiger partial charge in [-0.25, -0.2) is 13.1 Å². The maximum Gasteiger partial charge on any atom is 0.258 e. The van der Waals surface area contributed by atoms with E-state index in [0.717, 1.165) is 23.2 Å². The SMILES string of the molecule is COc1ccc(S(=O)(=O)NCc2ccc3c(c2)N(C(=O)c2ccc(Cl)cc2)CC3)cc1. The Bertz CT molecular complexity index is 1210. The van der Waals surface area contributed by atoms with Crippen molar-refractivity contribution in [2.24, 2.45) is 0 Å². The Morgan fingerprint density at radius 3 is 2.45 bits per heavy atom. The van der Waals surface area contributed by atoms with E-state index in [0.29, 0.717) is 22.9 Å². The lowest BCUT2D eigenvalue weighted by atomic mass is 10.1. The van der Waals surface area contributed by atoms with E-state index >= 15 is 0 Å². The van der Waals surface area contributed by atoms with Crippen LogP contribution in [0.15, 0.2) is 71.6 Å². The summed E-state index contributed by atoms with van der Waals surface area (Å²) < 4.78 is 32.9. The molecule has 0 unspecified atom stereocenters. The highest BCUT2D eigenvalue weighted by molar-refractivity contribution is 7.89. The molecule has 160 valence electrons. The van der Waals surface area contributed by atoms with Gasteiger partial charge in [-0.05, 0) is 72.1 Å². The highest BCUT2D eigenvalue weighted by atomic mass is 35.5. The summed E-state index contributed by atoms with van der Waals surface area (Å²) in [4.78, 5) is 14.8. The van der Waals surface area contributed by atoms with Gasteiger partial charge in [-0.1, -0.05) is 23.7 Å².